The summed E-state index contributed by atoms with van der Waals surface area (Å²) in [5.41, 5.74) is 1.92. The number of hydrogen-bond acceptors (Lipinski definition) is 5. The number of rotatable bonds is 4. The van der Waals surface area contributed by atoms with Crippen molar-refractivity contribution in [3.63, 3.8) is 0 Å². The molecule has 0 spiro atoms. The van der Waals surface area contributed by atoms with Crippen LogP contribution in [0.15, 0.2) is 40.8 Å². The summed E-state index contributed by atoms with van der Waals surface area (Å²) in [6, 6.07) is 9.62. The summed E-state index contributed by atoms with van der Waals surface area (Å²) in [5, 5.41) is 8.09. The predicted molar refractivity (Wildman–Crippen MR) is 90.3 cm³/mol. The van der Waals surface area contributed by atoms with Crippen LogP contribution < -0.4 is 9.47 Å². The first-order valence-electron chi connectivity index (χ1n) is 7.27. The Kier molecular flexibility index (Phi) is 4.34. The van der Waals surface area contributed by atoms with Gasteiger partial charge in [-0.1, -0.05) is 12.1 Å². The first-order valence-corrected chi connectivity index (χ1v) is 8.15. The van der Waals surface area contributed by atoms with Gasteiger partial charge in [-0.15, -0.1) is 11.3 Å². The van der Waals surface area contributed by atoms with Crippen molar-refractivity contribution in [3.05, 3.63) is 46.2 Å². The lowest BCUT2D eigenvalue weighted by molar-refractivity contribution is -0.130. The summed E-state index contributed by atoms with van der Waals surface area (Å²) in [6.07, 6.45) is 0.690. The molecule has 0 saturated carbocycles. The van der Waals surface area contributed by atoms with E-state index in [0.29, 0.717) is 17.9 Å². The Labute approximate surface area is 139 Å². The van der Waals surface area contributed by atoms with E-state index in [2.05, 4.69) is 5.10 Å². The minimum atomic E-state index is -0.121. The molecule has 120 valence electrons. The minimum absolute atomic E-state index is 0.0728. The van der Waals surface area contributed by atoms with E-state index >= 15 is 0 Å². The van der Waals surface area contributed by atoms with Crippen LogP contribution in [0.3, 0.4) is 0 Å². The Bertz CT molecular complexity index is 740. The van der Waals surface area contributed by atoms with Crippen LogP contribution in [-0.2, 0) is 4.79 Å². The highest BCUT2D eigenvalue weighted by Gasteiger charge is 2.32. The van der Waals surface area contributed by atoms with Gasteiger partial charge in [0.15, 0.2) is 11.5 Å². The fourth-order valence-electron chi connectivity index (χ4n) is 2.71. The van der Waals surface area contributed by atoms with Crippen LogP contribution in [-0.4, -0.2) is 30.8 Å². The van der Waals surface area contributed by atoms with Crippen molar-refractivity contribution in [1.82, 2.24) is 5.01 Å². The molecular weight excluding hydrogens is 312 g/mol. The SMILES string of the molecule is COc1ccc([C@@H]2CC(c3cccs3)=NN2C(C)=O)cc1OC. The number of methoxy groups -OCH3 is 2. The molecule has 6 heteroatoms. The summed E-state index contributed by atoms with van der Waals surface area (Å²) in [7, 11) is 3.21. The van der Waals surface area contributed by atoms with Gasteiger partial charge in [-0.3, -0.25) is 4.79 Å². The average molecular weight is 330 g/mol. The van der Waals surface area contributed by atoms with Crippen LogP contribution in [0.25, 0.3) is 0 Å². The maximum Gasteiger partial charge on any atom is 0.240 e. The third-order valence-corrected chi connectivity index (χ3v) is 4.75. The van der Waals surface area contributed by atoms with Gasteiger partial charge < -0.3 is 9.47 Å². The van der Waals surface area contributed by atoms with Crippen molar-refractivity contribution in [1.29, 1.82) is 0 Å². The van der Waals surface area contributed by atoms with Gasteiger partial charge in [0, 0.05) is 13.3 Å². The van der Waals surface area contributed by atoms with E-state index in [4.69, 9.17) is 9.47 Å². The molecule has 0 bridgehead atoms. The molecule has 0 radical (unpaired) electrons. The molecule has 1 aromatic heterocycles. The fourth-order valence-corrected chi connectivity index (χ4v) is 3.43. The molecule has 1 aliphatic rings. The normalized spacial score (nSPS) is 17.1. The lowest BCUT2D eigenvalue weighted by Crippen LogP contribution is -2.24. The number of hydrazone groups is 1. The van der Waals surface area contributed by atoms with Gasteiger partial charge in [0.05, 0.1) is 30.9 Å². The average Bonchev–Trinajstić information content (AvgIpc) is 3.23. The van der Waals surface area contributed by atoms with Gasteiger partial charge in [0.1, 0.15) is 0 Å². The number of hydrogen-bond donors (Lipinski definition) is 0. The molecule has 0 fully saturated rings. The maximum absolute atomic E-state index is 12.0. The second-order valence-electron chi connectivity index (χ2n) is 5.22. The molecule has 1 aromatic carbocycles. The third-order valence-electron chi connectivity index (χ3n) is 3.83. The number of benzene rings is 1. The van der Waals surface area contributed by atoms with Crippen molar-refractivity contribution >= 4 is 23.0 Å². The standard InChI is InChI=1S/C17H18N2O3S/c1-11(20)19-14(10-13(18-19)17-5-4-8-23-17)12-6-7-15(21-2)16(9-12)22-3/h4-9,14H,10H2,1-3H3/t14-/m0/s1. The van der Waals surface area contributed by atoms with E-state index in [1.807, 2.05) is 35.7 Å². The molecule has 1 atom stereocenters. The Morgan fingerprint density at radius 1 is 1.26 bits per heavy atom. The molecule has 0 aliphatic carbocycles. The summed E-state index contributed by atoms with van der Waals surface area (Å²) in [6.45, 7) is 1.54. The quantitative estimate of drug-likeness (QED) is 0.862. The second-order valence-corrected chi connectivity index (χ2v) is 6.17. The van der Waals surface area contributed by atoms with Crippen molar-refractivity contribution < 1.29 is 14.3 Å². The van der Waals surface area contributed by atoms with Gasteiger partial charge in [0.25, 0.3) is 0 Å². The van der Waals surface area contributed by atoms with Crippen LogP contribution in [0.1, 0.15) is 29.8 Å². The van der Waals surface area contributed by atoms with E-state index in [1.54, 1.807) is 30.6 Å². The molecule has 2 aromatic rings. The highest BCUT2D eigenvalue weighted by molar-refractivity contribution is 7.12. The largest absolute Gasteiger partial charge is 0.493 e. The second kappa shape index (κ2) is 6.42. The molecule has 5 nitrogen and oxygen atoms in total. The van der Waals surface area contributed by atoms with E-state index < -0.39 is 0 Å². The van der Waals surface area contributed by atoms with Crippen LogP contribution in [0, 0.1) is 0 Å². The molecule has 3 rings (SSSR count). The Hall–Kier alpha value is -2.34. The Morgan fingerprint density at radius 2 is 2.04 bits per heavy atom. The highest BCUT2D eigenvalue weighted by atomic mass is 32.1. The van der Waals surface area contributed by atoms with E-state index in [0.717, 1.165) is 16.2 Å². The summed E-state index contributed by atoms with van der Waals surface area (Å²) in [4.78, 5) is 13.1. The molecule has 0 unspecified atom stereocenters. The zero-order valence-electron chi connectivity index (χ0n) is 13.3. The maximum atomic E-state index is 12.0. The predicted octanol–water partition coefficient (Wildman–Crippen LogP) is 3.46. The molecule has 2 heterocycles. The lowest BCUT2D eigenvalue weighted by Gasteiger charge is -2.21. The molecule has 23 heavy (non-hydrogen) atoms. The lowest BCUT2D eigenvalue weighted by atomic mass is 10.0. The molecular formula is C17H18N2O3S. The van der Waals surface area contributed by atoms with Crippen molar-refractivity contribution in [2.45, 2.75) is 19.4 Å². The first-order chi connectivity index (χ1) is 11.1. The number of ether oxygens (including phenoxy) is 2. The van der Waals surface area contributed by atoms with Gasteiger partial charge in [0.2, 0.25) is 5.91 Å². The van der Waals surface area contributed by atoms with Crippen LogP contribution in [0.4, 0.5) is 0 Å². The smallest absolute Gasteiger partial charge is 0.240 e. The van der Waals surface area contributed by atoms with Gasteiger partial charge in [-0.05, 0) is 29.1 Å². The van der Waals surface area contributed by atoms with Crippen LogP contribution in [0.2, 0.25) is 0 Å². The number of carbonyl (C=O) groups is 1. The Morgan fingerprint density at radius 3 is 2.65 bits per heavy atom. The molecule has 0 N–H and O–H groups in total. The first kappa shape index (κ1) is 15.6. The van der Waals surface area contributed by atoms with Crippen molar-refractivity contribution in [2.75, 3.05) is 14.2 Å². The number of thiophene rings is 1. The van der Waals surface area contributed by atoms with Crippen LogP contribution >= 0.6 is 11.3 Å². The van der Waals surface area contributed by atoms with E-state index in [1.165, 1.54) is 6.92 Å². The van der Waals surface area contributed by atoms with Gasteiger partial charge in [-0.2, -0.15) is 5.10 Å². The monoisotopic (exact) mass is 330 g/mol. The third kappa shape index (κ3) is 2.94. The van der Waals surface area contributed by atoms with E-state index in [-0.39, 0.29) is 11.9 Å². The summed E-state index contributed by atoms with van der Waals surface area (Å²) >= 11 is 1.63. The topological polar surface area (TPSA) is 51.1 Å². The van der Waals surface area contributed by atoms with Gasteiger partial charge >= 0.3 is 0 Å². The number of amides is 1. The minimum Gasteiger partial charge on any atom is -0.493 e. The van der Waals surface area contributed by atoms with Crippen LogP contribution in [0.5, 0.6) is 11.5 Å². The van der Waals surface area contributed by atoms with E-state index in [9.17, 15) is 4.79 Å². The number of carbonyl (C=O) groups excluding carboxylic acids is 1. The zero-order valence-corrected chi connectivity index (χ0v) is 14.1. The fraction of sp³-hybridized carbons (Fsp3) is 0.294. The molecule has 1 aliphatic heterocycles. The summed E-state index contributed by atoms with van der Waals surface area (Å²) < 4.78 is 10.6. The molecule has 0 saturated heterocycles. The Balaban J connectivity index is 1.95. The summed E-state index contributed by atoms with van der Waals surface area (Å²) in [5.74, 6) is 1.25. The van der Waals surface area contributed by atoms with Crippen molar-refractivity contribution in [3.8, 4) is 11.5 Å². The van der Waals surface area contributed by atoms with Crippen molar-refractivity contribution in [2.24, 2.45) is 5.10 Å². The zero-order chi connectivity index (χ0) is 16.4. The number of nitrogens with zero attached hydrogens (tertiary/aromatic N) is 2. The molecule has 1 amide bonds. The van der Waals surface area contributed by atoms with Gasteiger partial charge in [-0.25, -0.2) is 5.01 Å². The highest BCUT2D eigenvalue weighted by Crippen LogP contribution is 2.37.